The van der Waals surface area contributed by atoms with Crippen molar-refractivity contribution in [3.05, 3.63) is 78.0 Å². The van der Waals surface area contributed by atoms with Gasteiger partial charge in [-0.3, -0.25) is 4.79 Å². The molecule has 40 heavy (non-hydrogen) atoms. The van der Waals surface area contributed by atoms with E-state index in [4.69, 9.17) is 14.2 Å². The Kier molecular flexibility index (Phi) is 9.64. The number of hydrogen-bond acceptors (Lipinski definition) is 6. The molecule has 1 N–H and O–H groups in total. The Balaban J connectivity index is 1.16. The first-order valence-corrected chi connectivity index (χ1v) is 13.8. The predicted molar refractivity (Wildman–Crippen MR) is 154 cm³/mol. The van der Waals surface area contributed by atoms with E-state index in [0.29, 0.717) is 55.1 Å². The molecule has 2 amide bonds. The summed E-state index contributed by atoms with van der Waals surface area (Å²) in [5, 5.41) is 2.93. The number of pyridine rings is 1. The summed E-state index contributed by atoms with van der Waals surface area (Å²) in [6, 6.07) is 18.0. The number of ether oxygens (including phenoxy) is 3. The van der Waals surface area contributed by atoms with E-state index in [0.717, 1.165) is 30.6 Å². The van der Waals surface area contributed by atoms with Gasteiger partial charge in [-0.2, -0.15) is 0 Å². The first kappa shape index (κ1) is 28.9. The molecule has 0 unspecified atom stereocenters. The Morgan fingerprint density at radius 2 is 1.57 bits per heavy atom. The summed E-state index contributed by atoms with van der Waals surface area (Å²) in [7, 11) is 0. The second kappa shape index (κ2) is 13.3. The number of carbonyl (C=O) groups is 2. The van der Waals surface area contributed by atoms with Gasteiger partial charge in [-0.1, -0.05) is 26.8 Å². The fourth-order valence-corrected chi connectivity index (χ4v) is 4.23. The second-order valence-corrected chi connectivity index (χ2v) is 11.4. The van der Waals surface area contributed by atoms with E-state index in [1.807, 2.05) is 43.3 Å². The lowest BCUT2D eigenvalue weighted by Gasteiger charge is -2.31. The number of amides is 2. The zero-order chi connectivity index (χ0) is 28.5. The normalized spacial score (nSPS) is 13.9. The van der Waals surface area contributed by atoms with Gasteiger partial charge in [0, 0.05) is 37.5 Å². The van der Waals surface area contributed by atoms with Crippen molar-refractivity contribution < 1.29 is 23.8 Å². The molecule has 1 saturated heterocycles. The number of carbonyl (C=O) groups excluding carboxylic acids is 2. The highest BCUT2D eigenvalue weighted by Crippen LogP contribution is 2.25. The lowest BCUT2D eigenvalue weighted by atomic mass is 9.92. The van der Waals surface area contributed by atoms with Gasteiger partial charge in [-0.15, -0.1) is 0 Å². The Bertz CT molecular complexity index is 1240. The topological polar surface area (TPSA) is 90.0 Å². The summed E-state index contributed by atoms with van der Waals surface area (Å²) in [4.78, 5) is 31.0. The van der Waals surface area contributed by atoms with E-state index in [2.05, 4.69) is 31.1 Å². The predicted octanol–water partition coefficient (Wildman–Crippen LogP) is 6.64. The maximum Gasteiger partial charge on any atom is 0.415 e. The second-order valence-electron chi connectivity index (χ2n) is 11.4. The van der Waals surface area contributed by atoms with Crippen molar-refractivity contribution in [2.24, 2.45) is 11.3 Å². The number of likely N-dealkylation sites (tertiary alicyclic amines) is 1. The van der Waals surface area contributed by atoms with Crippen molar-refractivity contribution >= 4 is 12.0 Å². The zero-order valence-corrected chi connectivity index (χ0v) is 23.8. The highest BCUT2D eigenvalue weighted by Gasteiger charge is 2.25. The molecule has 0 saturated carbocycles. The molecular weight excluding hydrogens is 506 g/mol. The zero-order valence-electron chi connectivity index (χ0n) is 23.8. The monoisotopic (exact) mass is 545 g/mol. The number of rotatable bonds is 9. The largest absolute Gasteiger partial charge is 0.493 e. The third-order valence-electron chi connectivity index (χ3n) is 6.77. The van der Waals surface area contributed by atoms with Crippen LogP contribution in [0.15, 0.2) is 66.9 Å². The number of hydrogen-bond donors (Lipinski definition) is 1. The van der Waals surface area contributed by atoms with Gasteiger partial charge in [0.2, 0.25) is 5.88 Å². The van der Waals surface area contributed by atoms with Crippen molar-refractivity contribution in [1.82, 2.24) is 15.2 Å². The minimum absolute atomic E-state index is 0.129. The molecule has 3 aromatic rings. The summed E-state index contributed by atoms with van der Waals surface area (Å²) >= 11 is 0. The van der Waals surface area contributed by atoms with Crippen molar-refractivity contribution in [2.45, 2.75) is 47.0 Å². The number of nitrogens with zero attached hydrogens (tertiary/aromatic N) is 2. The molecule has 1 aromatic heterocycles. The fraction of sp³-hybridized carbons (Fsp3) is 0.406. The molecule has 0 bridgehead atoms. The van der Waals surface area contributed by atoms with Crippen LogP contribution in [0, 0.1) is 18.3 Å². The summed E-state index contributed by atoms with van der Waals surface area (Å²) in [5.74, 6) is 2.67. The van der Waals surface area contributed by atoms with Crippen molar-refractivity contribution in [3.63, 3.8) is 0 Å². The molecule has 0 spiro atoms. The van der Waals surface area contributed by atoms with Gasteiger partial charge >= 0.3 is 6.09 Å². The van der Waals surface area contributed by atoms with Gasteiger partial charge in [-0.25, -0.2) is 9.78 Å². The number of aromatic nitrogens is 1. The van der Waals surface area contributed by atoms with Crippen LogP contribution in [0.3, 0.4) is 0 Å². The highest BCUT2D eigenvalue weighted by atomic mass is 16.6. The minimum Gasteiger partial charge on any atom is -0.493 e. The lowest BCUT2D eigenvalue weighted by molar-refractivity contribution is 0.0949. The SMILES string of the molecule is Cc1ccc(Oc2ccc(OCC3CCN(C(=O)Oc4ccc(C(=O)NCCC(C)(C)C)cc4)CC3)cc2)nc1. The molecule has 2 aromatic carbocycles. The van der Waals surface area contributed by atoms with E-state index in [9.17, 15) is 9.59 Å². The van der Waals surface area contributed by atoms with E-state index >= 15 is 0 Å². The van der Waals surface area contributed by atoms with Crippen molar-refractivity contribution in [3.8, 4) is 23.1 Å². The number of piperidine rings is 1. The van der Waals surface area contributed by atoms with E-state index < -0.39 is 0 Å². The Hall–Kier alpha value is -4.07. The van der Waals surface area contributed by atoms with E-state index in [1.54, 1.807) is 35.4 Å². The molecule has 8 heteroatoms. The van der Waals surface area contributed by atoms with Crippen LogP contribution >= 0.6 is 0 Å². The van der Waals surface area contributed by atoms with Gasteiger partial charge in [0.1, 0.15) is 17.2 Å². The maximum atomic E-state index is 12.7. The van der Waals surface area contributed by atoms with Gasteiger partial charge in [0.15, 0.2) is 0 Å². The summed E-state index contributed by atoms with van der Waals surface area (Å²) in [6.07, 6.45) is 3.96. The standard InChI is InChI=1S/C32H39N3O5/c1-23-5-14-29(34-21-23)39-27-12-10-26(11-13-27)38-22-24-15-19-35(20-16-24)31(37)40-28-8-6-25(7-9-28)30(36)33-18-17-32(2,3)4/h5-14,21,24H,15-20,22H2,1-4H3,(H,33,36). The van der Waals surface area contributed by atoms with Gasteiger partial charge < -0.3 is 24.4 Å². The summed E-state index contributed by atoms with van der Waals surface area (Å²) < 4.78 is 17.3. The number of benzene rings is 2. The smallest absolute Gasteiger partial charge is 0.415 e. The molecule has 1 aliphatic heterocycles. The van der Waals surface area contributed by atoms with Crippen LogP contribution in [-0.4, -0.2) is 48.1 Å². The molecule has 1 aliphatic rings. The summed E-state index contributed by atoms with van der Waals surface area (Å²) in [6.45, 7) is 10.8. The van der Waals surface area contributed by atoms with Crippen LogP contribution in [0.1, 0.15) is 56.0 Å². The number of nitrogens with one attached hydrogen (secondary N) is 1. The first-order valence-electron chi connectivity index (χ1n) is 13.8. The lowest BCUT2D eigenvalue weighted by Crippen LogP contribution is -2.41. The Labute approximate surface area is 236 Å². The highest BCUT2D eigenvalue weighted by molar-refractivity contribution is 5.94. The molecule has 0 atom stereocenters. The Morgan fingerprint density at radius 3 is 2.20 bits per heavy atom. The van der Waals surface area contributed by atoms with Crippen LogP contribution in [-0.2, 0) is 0 Å². The molecule has 2 heterocycles. The third kappa shape index (κ3) is 9.00. The van der Waals surface area contributed by atoms with Gasteiger partial charge in [0.05, 0.1) is 6.61 Å². The van der Waals surface area contributed by atoms with Crippen LogP contribution in [0.25, 0.3) is 0 Å². The molecule has 4 rings (SSSR count). The quantitative estimate of drug-likeness (QED) is 0.324. The van der Waals surface area contributed by atoms with Gasteiger partial charge in [0.25, 0.3) is 5.91 Å². The van der Waals surface area contributed by atoms with Crippen LogP contribution < -0.4 is 19.5 Å². The van der Waals surface area contributed by atoms with Gasteiger partial charge in [-0.05, 0) is 91.6 Å². The number of aryl methyl sites for hydroxylation is 1. The van der Waals surface area contributed by atoms with Crippen LogP contribution in [0.5, 0.6) is 23.1 Å². The third-order valence-corrected chi connectivity index (χ3v) is 6.77. The summed E-state index contributed by atoms with van der Waals surface area (Å²) in [5.41, 5.74) is 1.79. The fourth-order valence-electron chi connectivity index (χ4n) is 4.23. The Morgan fingerprint density at radius 1 is 0.925 bits per heavy atom. The van der Waals surface area contributed by atoms with E-state index in [-0.39, 0.29) is 17.4 Å². The molecule has 0 aliphatic carbocycles. The molecule has 212 valence electrons. The van der Waals surface area contributed by atoms with Crippen LogP contribution in [0.4, 0.5) is 4.79 Å². The van der Waals surface area contributed by atoms with Crippen molar-refractivity contribution in [2.75, 3.05) is 26.2 Å². The molecule has 0 radical (unpaired) electrons. The van der Waals surface area contributed by atoms with Crippen LogP contribution in [0.2, 0.25) is 0 Å². The van der Waals surface area contributed by atoms with Crippen molar-refractivity contribution in [1.29, 1.82) is 0 Å². The van der Waals surface area contributed by atoms with E-state index in [1.165, 1.54) is 0 Å². The maximum absolute atomic E-state index is 12.7. The molecule has 8 nitrogen and oxygen atoms in total. The molecular formula is C32H39N3O5. The molecule has 1 fully saturated rings. The average molecular weight is 546 g/mol. The average Bonchev–Trinajstić information content (AvgIpc) is 2.94. The minimum atomic E-state index is -0.375. The first-order chi connectivity index (χ1) is 19.1.